The van der Waals surface area contributed by atoms with Gasteiger partial charge in [-0.05, 0) is 43.3 Å². The summed E-state index contributed by atoms with van der Waals surface area (Å²) in [7, 11) is 3.80. The Morgan fingerprint density at radius 2 is 2.21 bits per heavy atom. The highest BCUT2D eigenvalue weighted by molar-refractivity contribution is 7.71. The van der Waals surface area contributed by atoms with E-state index in [0.29, 0.717) is 17.7 Å². The lowest BCUT2D eigenvalue weighted by molar-refractivity contribution is -0.172. The maximum absolute atomic E-state index is 13.6. The Balaban J connectivity index is 1.44. The van der Waals surface area contributed by atoms with Gasteiger partial charge in [-0.15, -0.1) is 0 Å². The van der Waals surface area contributed by atoms with Gasteiger partial charge < -0.3 is 14.4 Å². The van der Waals surface area contributed by atoms with Crippen molar-refractivity contribution in [2.24, 2.45) is 0 Å². The van der Waals surface area contributed by atoms with Crippen molar-refractivity contribution in [2.45, 2.75) is 37.5 Å². The second-order valence-corrected chi connectivity index (χ2v) is 7.94. The zero-order valence-electron chi connectivity index (χ0n) is 14.7. The zero-order valence-corrected chi connectivity index (χ0v) is 16.4. The maximum atomic E-state index is 13.6. The van der Waals surface area contributed by atoms with Crippen molar-refractivity contribution in [1.29, 1.82) is 0 Å². The smallest absolute Gasteiger partial charge is 0.399 e. The summed E-state index contributed by atoms with van der Waals surface area (Å²) in [5.74, 6) is -1.09. The Hall–Kier alpha value is -1.69. The molecule has 8 nitrogen and oxygen atoms in total. The topological polar surface area (TPSA) is 94.9 Å². The molecule has 4 atom stereocenters. The molecule has 1 aromatic carbocycles. The first kappa shape index (κ1) is 20.6. The molecule has 0 bridgehead atoms. The minimum absolute atomic E-state index is 0.0227. The fourth-order valence-corrected chi connectivity index (χ4v) is 4.35. The molecule has 4 rings (SSSR count). The van der Waals surface area contributed by atoms with Crippen LogP contribution in [0.4, 0.5) is 8.78 Å². The van der Waals surface area contributed by atoms with Crippen molar-refractivity contribution >= 4 is 28.7 Å². The molecule has 0 spiro atoms. The van der Waals surface area contributed by atoms with Crippen LogP contribution in [-0.4, -0.2) is 34.3 Å². The highest BCUT2D eigenvalue weighted by atomic mass is 32.1. The van der Waals surface area contributed by atoms with E-state index in [1.165, 1.54) is 22.8 Å². The number of aliphatic hydroxyl groups is 1. The van der Waals surface area contributed by atoms with Crippen LogP contribution in [0.5, 0.6) is 5.75 Å². The molecule has 2 aliphatic heterocycles. The normalized spacial score (nSPS) is 25.8. The quantitative estimate of drug-likeness (QED) is 0.325. The number of H-pyrrole nitrogens is 1. The Labute approximate surface area is 170 Å². The Kier molecular flexibility index (Phi) is 5.58. The van der Waals surface area contributed by atoms with Gasteiger partial charge in [-0.3, -0.25) is 23.4 Å². The summed E-state index contributed by atoms with van der Waals surface area (Å²) in [5.41, 5.74) is -2.71. The second-order valence-electron chi connectivity index (χ2n) is 6.48. The van der Waals surface area contributed by atoms with Gasteiger partial charge in [0.15, 0.2) is 18.3 Å². The molecule has 29 heavy (non-hydrogen) atoms. The third-order valence-electron chi connectivity index (χ3n) is 4.43. The van der Waals surface area contributed by atoms with E-state index in [0.717, 1.165) is 6.20 Å². The standard InChI is InChI=1S/C16H14BF2N2O6PS/c17-16(23,27-28-24-7-8-5-9(18)1-2-11(8)26-28)12-3-4-13(25-12)21-6-10(19)14(22)20-15(21)29/h1-2,5-6,12-13,23H,3-4,7H2,(H,20,22,29). The van der Waals surface area contributed by atoms with Crippen LogP contribution in [0.2, 0.25) is 0 Å². The molecular weight excluding hydrogens is 428 g/mol. The first-order valence-electron chi connectivity index (χ1n) is 8.49. The summed E-state index contributed by atoms with van der Waals surface area (Å²) in [6, 6.07) is 3.92. The van der Waals surface area contributed by atoms with E-state index >= 15 is 0 Å². The van der Waals surface area contributed by atoms with Gasteiger partial charge in [0, 0.05) is 5.56 Å². The van der Waals surface area contributed by atoms with E-state index in [2.05, 4.69) is 4.98 Å². The highest BCUT2D eigenvalue weighted by Gasteiger charge is 2.43. The number of fused-ring (bicyclic) bond motifs is 1. The first-order valence-corrected chi connectivity index (χ1v) is 9.99. The minimum Gasteiger partial charge on any atom is -0.426 e. The summed E-state index contributed by atoms with van der Waals surface area (Å²) in [6.45, 7) is 0.0227. The Bertz CT molecular complexity index is 1050. The van der Waals surface area contributed by atoms with E-state index in [4.69, 9.17) is 38.4 Å². The van der Waals surface area contributed by atoms with E-state index in [9.17, 15) is 18.7 Å². The molecule has 1 saturated heterocycles. The van der Waals surface area contributed by atoms with Gasteiger partial charge in [0.25, 0.3) is 5.56 Å². The predicted octanol–water partition coefficient (Wildman–Crippen LogP) is 2.53. The number of halogens is 2. The van der Waals surface area contributed by atoms with Gasteiger partial charge >= 0.3 is 8.60 Å². The number of aromatic amines is 1. The summed E-state index contributed by atoms with van der Waals surface area (Å²) < 4.78 is 49.9. The van der Waals surface area contributed by atoms with E-state index in [1.807, 2.05) is 0 Å². The van der Waals surface area contributed by atoms with Crippen molar-refractivity contribution in [3.63, 3.8) is 0 Å². The number of aromatic nitrogens is 2. The van der Waals surface area contributed by atoms with Crippen molar-refractivity contribution in [1.82, 2.24) is 9.55 Å². The second kappa shape index (κ2) is 7.86. The van der Waals surface area contributed by atoms with Gasteiger partial charge in [-0.1, -0.05) is 0 Å². The van der Waals surface area contributed by atoms with Crippen LogP contribution >= 0.6 is 20.8 Å². The fraction of sp³-hybridized carbons (Fsp3) is 0.375. The van der Waals surface area contributed by atoms with E-state index in [-0.39, 0.29) is 17.8 Å². The average Bonchev–Trinajstić information content (AvgIpc) is 3.15. The Morgan fingerprint density at radius 3 is 3.00 bits per heavy atom. The number of hydrogen-bond acceptors (Lipinski definition) is 7. The molecule has 4 unspecified atom stereocenters. The first-order chi connectivity index (χ1) is 13.7. The number of hydrogen-bond donors (Lipinski definition) is 2. The summed E-state index contributed by atoms with van der Waals surface area (Å²) in [6.07, 6.45) is -0.255. The van der Waals surface area contributed by atoms with Gasteiger partial charge in [-0.2, -0.15) is 4.39 Å². The molecule has 152 valence electrons. The van der Waals surface area contributed by atoms with Crippen LogP contribution in [0.25, 0.3) is 0 Å². The van der Waals surface area contributed by atoms with E-state index < -0.39 is 43.8 Å². The van der Waals surface area contributed by atoms with Crippen LogP contribution < -0.4 is 10.1 Å². The SMILES string of the molecule is [B]C(O)(OP1OCc2cc(F)ccc2O1)C1CCC(n2cc(F)c(=O)[nH]c2=S)O1. The van der Waals surface area contributed by atoms with Gasteiger partial charge in [0.2, 0.25) is 5.82 Å². The van der Waals surface area contributed by atoms with Crippen LogP contribution in [0.1, 0.15) is 24.6 Å². The highest BCUT2D eigenvalue weighted by Crippen LogP contribution is 2.50. The summed E-state index contributed by atoms with van der Waals surface area (Å²) in [4.78, 5) is 13.5. The van der Waals surface area contributed by atoms with E-state index in [1.54, 1.807) is 0 Å². The summed E-state index contributed by atoms with van der Waals surface area (Å²) in [5, 5.41) is 10.6. The van der Waals surface area contributed by atoms with Gasteiger partial charge in [0.1, 0.15) is 23.9 Å². The molecule has 1 fully saturated rings. The lowest BCUT2D eigenvalue weighted by Gasteiger charge is -2.34. The van der Waals surface area contributed by atoms with Gasteiger partial charge in [0.05, 0.1) is 12.8 Å². The maximum Gasteiger partial charge on any atom is 0.399 e. The molecular formula is C16H14BF2N2O6PS. The fourth-order valence-electron chi connectivity index (χ4n) is 3.01. The number of nitrogens with zero attached hydrogens (tertiary/aromatic N) is 1. The van der Waals surface area contributed by atoms with Crippen LogP contribution in [0.3, 0.4) is 0 Å². The van der Waals surface area contributed by atoms with Crippen molar-refractivity contribution in [3.8, 4) is 5.75 Å². The number of nitrogens with one attached hydrogen (secondary N) is 1. The van der Waals surface area contributed by atoms with Crippen molar-refractivity contribution in [3.05, 3.63) is 56.7 Å². The molecule has 1 aromatic heterocycles. The molecule has 13 heteroatoms. The third-order valence-corrected chi connectivity index (χ3v) is 5.87. The van der Waals surface area contributed by atoms with Crippen LogP contribution in [0, 0.1) is 16.4 Å². The molecule has 2 aromatic rings. The van der Waals surface area contributed by atoms with Crippen LogP contribution in [0.15, 0.2) is 29.2 Å². The molecule has 2 aliphatic rings. The molecule has 0 saturated carbocycles. The summed E-state index contributed by atoms with van der Waals surface area (Å²) >= 11 is 5.02. The average molecular weight is 442 g/mol. The minimum atomic E-state index is -2.28. The van der Waals surface area contributed by atoms with Crippen molar-refractivity contribution < 1.29 is 32.2 Å². The van der Waals surface area contributed by atoms with Crippen molar-refractivity contribution in [2.75, 3.05) is 0 Å². The van der Waals surface area contributed by atoms with Crippen LogP contribution in [-0.2, 0) is 20.4 Å². The third kappa shape index (κ3) is 4.28. The molecule has 2 radical (unpaired) electrons. The lowest BCUT2D eigenvalue weighted by atomic mass is 9.88. The lowest BCUT2D eigenvalue weighted by Crippen LogP contribution is -2.44. The zero-order chi connectivity index (χ0) is 20.8. The number of rotatable bonds is 4. The molecule has 0 amide bonds. The monoisotopic (exact) mass is 442 g/mol. The largest absolute Gasteiger partial charge is 0.426 e. The molecule has 0 aliphatic carbocycles. The van der Waals surface area contributed by atoms with Gasteiger partial charge in [-0.25, -0.2) is 4.39 Å². The Morgan fingerprint density at radius 1 is 1.41 bits per heavy atom. The number of benzene rings is 1. The number of ether oxygens (including phenoxy) is 1. The predicted molar refractivity (Wildman–Crippen MR) is 99.5 cm³/mol. The molecule has 3 heterocycles. The molecule has 2 N–H and O–H groups in total.